The summed E-state index contributed by atoms with van der Waals surface area (Å²) in [5.41, 5.74) is 5.24. The van der Waals surface area contributed by atoms with Gasteiger partial charge in [0.2, 0.25) is 0 Å². The highest BCUT2D eigenvalue weighted by atomic mass is 14.2. The Morgan fingerprint density at radius 3 is 2.40 bits per heavy atom. The van der Waals surface area contributed by atoms with Gasteiger partial charge >= 0.3 is 0 Å². The van der Waals surface area contributed by atoms with Crippen molar-refractivity contribution in [3.63, 3.8) is 0 Å². The van der Waals surface area contributed by atoms with Crippen LogP contribution < -0.4 is 0 Å². The molecule has 0 N–H and O–H groups in total. The molecule has 0 fully saturated rings. The Labute approximate surface area is 117 Å². The Balaban J connectivity index is 2.12. The highest BCUT2D eigenvalue weighted by molar-refractivity contribution is 6.23. The van der Waals surface area contributed by atoms with Crippen LogP contribution >= 0.6 is 0 Å². The normalized spacial score (nSPS) is 12.0. The molecule has 1 radical (unpaired) electrons. The minimum atomic E-state index is 1.25. The van der Waals surface area contributed by atoms with E-state index < -0.39 is 0 Å². The predicted molar refractivity (Wildman–Crippen MR) is 84.7 cm³/mol. The van der Waals surface area contributed by atoms with Crippen LogP contribution in [0.2, 0.25) is 0 Å². The zero-order valence-electron chi connectivity index (χ0n) is 10.9. The van der Waals surface area contributed by atoms with E-state index in [0.717, 1.165) is 0 Å². The molecule has 0 aliphatic heterocycles. The van der Waals surface area contributed by atoms with Gasteiger partial charge in [-0.15, -0.1) is 0 Å². The van der Waals surface area contributed by atoms with Crippen LogP contribution in [0.3, 0.4) is 0 Å². The van der Waals surface area contributed by atoms with Crippen LogP contribution in [-0.4, -0.2) is 0 Å². The molecular weight excluding hydrogens is 240 g/mol. The van der Waals surface area contributed by atoms with Crippen molar-refractivity contribution in [2.75, 3.05) is 0 Å². The first kappa shape index (κ1) is 10.2. The first-order chi connectivity index (χ1) is 9.93. The van der Waals surface area contributed by atoms with Gasteiger partial charge in [-0.05, 0) is 55.9 Å². The molecule has 0 nitrogen and oxygen atoms in total. The monoisotopic (exact) mass is 251 g/mol. The van der Waals surface area contributed by atoms with Crippen LogP contribution in [0.15, 0.2) is 66.7 Å². The van der Waals surface area contributed by atoms with E-state index in [1.54, 1.807) is 0 Å². The Morgan fingerprint density at radius 2 is 1.45 bits per heavy atom. The van der Waals surface area contributed by atoms with Crippen molar-refractivity contribution in [3.05, 3.63) is 72.8 Å². The molecule has 0 heterocycles. The molecule has 4 aromatic rings. The van der Waals surface area contributed by atoms with Crippen molar-refractivity contribution in [2.24, 2.45) is 0 Å². The second kappa shape index (κ2) is 3.49. The third kappa shape index (κ3) is 1.12. The Kier molecular flexibility index (Phi) is 1.78. The number of fused-ring (bicyclic) bond motifs is 5. The van der Waals surface area contributed by atoms with Crippen LogP contribution in [0, 0.1) is 6.07 Å². The summed E-state index contributed by atoms with van der Waals surface area (Å²) in [5, 5.41) is 5.33. The minimum Gasteiger partial charge on any atom is -0.0616 e. The van der Waals surface area contributed by atoms with E-state index in [9.17, 15) is 0 Å². The van der Waals surface area contributed by atoms with Gasteiger partial charge < -0.3 is 0 Å². The highest BCUT2D eigenvalue weighted by Crippen LogP contribution is 2.48. The quantitative estimate of drug-likeness (QED) is 0.321. The summed E-state index contributed by atoms with van der Waals surface area (Å²) < 4.78 is 0. The molecule has 5 rings (SSSR count). The molecule has 1 aliphatic carbocycles. The van der Waals surface area contributed by atoms with Gasteiger partial charge in [-0.2, -0.15) is 0 Å². The van der Waals surface area contributed by atoms with Gasteiger partial charge in [0, 0.05) is 0 Å². The van der Waals surface area contributed by atoms with E-state index in [-0.39, 0.29) is 0 Å². The summed E-state index contributed by atoms with van der Waals surface area (Å²) in [6, 6.07) is 27.3. The van der Waals surface area contributed by atoms with Gasteiger partial charge in [-0.3, -0.25) is 0 Å². The summed E-state index contributed by atoms with van der Waals surface area (Å²) in [4.78, 5) is 0. The van der Waals surface area contributed by atoms with E-state index >= 15 is 0 Å². The summed E-state index contributed by atoms with van der Waals surface area (Å²) in [7, 11) is 0. The summed E-state index contributed by atoms with van der Waals surface area (Å²) in [5.74, 6) is 0. The van der Waals surface area contributed by atoms with Gasteiger partial charge in [0.1, 0.15) is 0 Å². The van der Waals surface area contributed by atoms with E-state index in [2.05, 4.69) is 72.8 Å². The van der Waals surface area contributed by atoms with Crippen molar-refractivity contribution in [1.82, 2.24) is 0 Å². The molecule has 91 valence electrons. The average molecular weight is 251 g/mol. The maximum absolute atomic E-state index is 3.43. The molecule has 0 heteroatoms. The third-order valence-corrected chi connectivity index (χ3v) is 4.30. The van der Waals surface area contributed by atoms with Crippen molar-refractivity contribution in [2.45, 2.75) is 0 Å². The zero-order valence-corrected chi connectivity index (χ0v) is 10.9. The number of benzene rings is 4. The van der Waals surface area contributed by atoms with Crippen LogP contribution in [0.1, 0.15) is 0 Å². The molecule has 0 saturated heterocycles. The lowest BCUT2D eigenvalue weighted by molar-refractivity contribution is 1.69. The second-order valence-corrected chi connectivity index (χ2v) is 5.33. The van der Waals surface area contributed by atoms with Crippen LogP contribution in [0.4, 0.5) is 0 Å². The van der Waals surface area contributed by atoms with E-state index in [1.807, 2.05) is 0 Å². The standard InChI is InChI=1S/C20H11/c1-2-7-14-13(6-1)12-19-16-9-4-3-8-15(16)18-11-5-10-17(14)20(18)19/h1-10,12H. The average Bonchev–Trinajstić information content (AvgIpc) is 2.84. The maximum Gasteiger partial charge on any atom is -0.00137 e. The van der Waals surface area contributed by atoms with Crippen LogP contribution in [0.25, 0.3) is 43.8 Å². The predicted octanol–water partition coefficient (Wildman–Crippen LogP) is 5.44. The topological polar surface area (TPSA) is 0 Å². The zero-order chi connectivity index (χ0) is 13.1. The third-order valence-electron chi connectivity index (χ3n) is 4.30. The minimum absolute atomic E-state index is 1.25. The molecule has 0 atom stereocenters. The SMILES string of the molecule is [c]1ccc2c3c1-c1ccccc1-c3cc1ccccc12. The Morgan fingerprint density at radius 1 is 0.650 bits per heavy atom. The van der Waals surface area contributed by atoms with Crippen LogP contribution in [0.5, 0.6) is 0 Å². The fraction of sp³-hybridized carbons (Fsp3) is 0. The molecule has 0 amide bonds. The van der Waals surface area contributed by atoms with Crippen molar-refractivity contribution in [1.29, 1.82) is 0 Å². The molecule has 0 bridgehead atoms. The summed E-state index contributed by atoms with van der Waals surface area (Å²) in [6.07, 6.45) is 0. The highest BCUT2D eigenvalue weighted by Gasteiger charge is 2.21. The number of hydrogen-bond acceptors (Lipinski definition) is 0. The molecule has 1 aliphatic rings. The Bertz CT molecular complexity index is 993. The number of rotatable bonds is 0. The van der Waals surface area contributed by atoms with E-state index in [4.69, 9.17) is 0 Å². The van der Waals surface area contributed by atoms with Crippen molar-refractivity contribution >= 4 is 21.5 Å². The molecule has 0 unspecified atom stereocenters. The molecule has 4 aromatic carbocycles. The van der Waals surface area contributed by atoms with E-state index in [0.29, 0.717) is 0 Å². The number of hydrogen-bond donors (Lipinski definition) is 0. The largest absolute Gasteiger partial charge is 0.0616 e. The second-order valence-electron chi connectivity index (χ2n) is 5.33. The lowest BCUT2D eigenvalue weighted by Crippen LogP contribution is -1.80. The molecular formula is C20H11. The fourth-order valence-corrected chi connectivity index (χ4v) is 3.46. The molecule has 20 heavy (non-hydrogen) atoms. The molecule has 0 saturated carbocycles. The van der Waals surface area contributed by atoms with Gasteiger partial charge in [0.05, 0.1) is 0 Å². The smallest absolute Gasteiger partial charge is 0.00137 e. The summed E-state index contributed by atoms with van der Waals surface area (Å²) in [6.45, 7) is 0. The van der Waals surface area contributed by atoms with Gasteiger partial charge in [0.15, 0.2) is 0 Å². The molecule has 0 aromatic heterocycles. The molecule has 0 spiro atoms. The van der Waals surface area contributed by atoms with Crippen molar-refractivity contribution in [3.8, 4) is 22.3 Å². The first-order valence-corrected chi connectivity index (χ1v) is 6.89. The lowest BCUT2D eigenvalue weighted by Gasteiger charge is -2.07. The Hall–Kier alpha value is -2.60. The van der Waals surface area contributed by atoms with E-state index in [1.165, 1.54) is 43.8 Å². The van der Waals surface area contributed by atoms with Gasteiger partial charge in [-0.25, -0.2) is 0 Å². The lowest BCUT2D eigenvalue weighted by atomic mass is 9.97. The fourth-order valence-electron chi connectivity index (χ4n) is 3.46. The van der Waals surface area contributed by atoms with Crippen LogP contribution in [-0.2, 0) is 0 Å². The van der Waals surface area contributed by atoms with Gasteiger partial charge in [0.25, 0.3) is 0 Å². The first-order valence-electron chi connectivity index (χ1n) is 6.89. The summed E-state index contributed by atoms with van der Waals surface area (Å²) >= 11 is 0. The maximum atomic E-state index is 3.43. The van der Waals surface area contributed by atoms with Crippen molar-refractivity contribution < 1.29 is 0 Å². The van der Waals surface area contributed by atoms with Gasteiger partial charge in [-0.1, -0.05) is 60.7 Å².